The molecule has 4 aromatic rings. The van der Waals surface area contributed by atoms with Crippen molar-refractivity contribution in [3.05, 3.63) is 77.3 Å². The summed E-state index contributed by atoms with van der Waals surface area (Å²) in [6.07, 6.45) is -4.51. The van der Waals surface area contributed by atoms with Crippen LogP contribution in [-0.4, -0.2) is 36.8 Å². The highest BCUT2D eigenvalue weighted by atomic mass is 32.2. The van der Waals surface area contributed by atoms with Gasteiger partial charge in [-0.3, -0.25) is 13.3 Å². The first-order chi connectivity index (χ1) is 18.3. The highest BCUT2D eigenvalue weighted by molar-refractivity contribution is 7.80. The number of hydrogen-bond donors (Lipinski definition) is 2. The Morgan fingerprint density at radius 3 is 2.13 bits per heavy atom. The Balaban J connectivity index is 1.49. The first-order valence-electron chi connectivity index (χ1n) is 11.5. The van der Waals surface area contributed by atoms with Crippen LogP contribution in [0.15, 0.2) is 66.7 Å². The van der Waals surface area contributed by atoms with E-state index in [0.29, 0.717) is 10.4 Å². The van der Waals surface area contributed by atoms with E-state index in [1.165, 1.54) is 18.2 Å². The molecule has 0 aliphatic rings. The molecule has 0 saturated carbocycles. The summed E-state index contributed by atoms with van der Waals surface area (Å²) in [5.74, 6) is -2.29. The van der Waals surface area contributed by atoms with Gasteiger partial charge >= 0.3 is 12.1 Å². The minimum atomic E-state index is -4.51. The number of amides is 1. The van der Waals surface area contributed by atoms with E-state index in [1.54, 1.807) is 50.2 Å². The number of carboxylic acid groups (broad SMARTS) is 1. The number of nitrogens with one attached hydrogen (secondary N) is 1. The topological polar surface area (TPSA) is 123 Å². The van der Waals surface area contributed by atoms with Gasteiger partial charge in [-0.1, -0.05) is 38.1 Å². The number of thiazole rings is 1. The Morgan fingerprint density at radius 1 is 1.03 bits per heavy atom. The second kappa shape index (κ2) is 11.1. The minimum absolute atomic E-state index is 0.0189. The van der Waals surface area contributed by atoms with Crippen molar-refractivity contribution in [3.63, 3.8) is 0 Å². The number of carbonyl (C=O) groups is 2. The van der Waals surface area contributed by atoms with Gasteiger partial charge in [-0.2, -0.15) is 13.2 Å². The lowest BCUT2D eigenvalue weighted by Crippen LogP contribution is -2.45. The molecule has 1 amide bonds. The largest absolute Gasteiger partial charge is 0.755 e. The van der Waals surface area contributed by atoms with E-state index in [-0.39, 0.29) is 16.2 Å². The van der Waals surface area contributed by atoms with E-state index < -0.39 is 46.8 Å². The monoisotopic (exact) mass is 576 g/mol. The lowest BCUT2D eigenvalue weighted by Gasteiger charge is -2.34. The highest BCUT2D eigenvalue weighted by Gasteiger charge is 2.31. The van der Waals surface area contributed by atoms with Gasteiger partial charge in [0.25, 0.3) is 5.91 Å². The third-order valence-electron chi connectivity index (χ3n) is 5.80. The van der Waals surface area contributed by atoms with Gasteiger partial charge in [0.05, 0.1) is 15.8 Å². The molecule has 2 unspecified atom stereocenters. The number of halogens is 3. The van der Waals surface area contributed by atoms with Crippen LogP contribution in [0, 0.1) is 5.92 Å². The summed E-state index contributed by atoms with van der Waals surface area (Å²) in [5.41, 5.74) is 1.34. The molecular formula is C26H21F3N3O5S2-. The number of alkyl halides is 3. The van der Waals surface area contributed by atoms with Crippen LogP contribution in [0.1, 0.15) is 29.2 Å². The van der Waals surface area contributed by atoms with Crippen LogP contribution in [0.3, 0.4) is 0 Å². The summed E-state index contributed by atoms with van der Waals surface area (Å²) in [7, 11) is 0. The lowest BCUT2D eigenvalue weighted by molar-refractivity contribution is -0.139. The predicted molar refractivity (Wildman–Crippen MR) is 142 cm³/mol. The van der Waals surface area contributed by atoms with Crippen LogP contribution in [0.5, 0.6) is 0 Å². The summed E-state index contributed by atoms with van der Waals surface area (Å²) in [6.45, 7) is 3.24. The molecule has 0 saturated heterocycles. The molecule has 4 rings (SSSR count). The smallest absolute Gasteiger partial charge is 0.416 e. The Hall–Kier alpha value is -3.81. The van der Waals surface area contributed by atoms with Crippen LogP contribution in [0.25, 0.3) is 21.3 Å². The molecule has 0 aliphatic carbocycles. The number of hydrogen-bond acceptors (Lipinski definition) is 6. The van der Waals surface area contributed by atoms with Crippen LogP contribution < -0.4 is 9.62 Å². The van der Waals surface area contributed by atoms with Gasteiger partial charge in [-0.15, -0.1) is 11.3 Å². The van der Waals surface area contributed by atoms with Gasteiger partial charge in [-0.05, 0) is 59.5 Å². The molecule has 13 heteroatoms. The molecule has 1 heterocycles. The molecular weight excluding hydrogens is 555 g/mol. The van der Waals surface area contributed by atoms with E-state index in [9.17, 15) is 36.6 Å². The van der Waals surface area contributed by atoms with Gasteiger partial charge < -0.3 is 15.0 Å². The number of anilines is 2. The number of rotatable bonds is 8. The molecule has 8 nitrogen and oxygen atoms in total. The molecule has 0 aliphatic heterocycles. The second-order valence-corrected chi connectivity index (χ2v) is 10.7. The molecule has 2 N–H and O–H groups in total. The Kier molecular flexibility index (Phi) is 8.04. The number of aromatic nitrogens is 1. The summed E-state index contributed by atoms with van der Waals surface area (Å²) in [6, 6.07) is 14.9. The average molecular weight is 577 g/mol. The number of carboxylic acids is 1. The van der Waals surface area contributed by atoms with Crippen molar-refractivity contribution in [1.29, 1.82) is 0 Å². The third kappa shape index (κ3) is 6.27. The van der Waals surface area contributed by atoms with E-state index in [1.807, 2.05) is 0 Å². The average Bonchev–Trinajstić information content (AvgIpc) is 3.30. The third-order valence-corrected chi connectivity index (χ3v) is 7.60. The molecule has 39 heavy (non-hydrogen) atoms. The fraction of sp³-hybridized carbons (Fsp3) is 0.192. The highest BCUT2D eigenvalue weighted by Crippen LogP contribution is 2.33. The maximum atomic E-state index is 12.9. The van der Waals surface area contributed by atoms with E-state index in [4.69, 9.17) is 0 Å². The number of benzene rings is 3. The summed E-state index contributed by atoms with van der Waals surface area (Å²) in [4.78, 5) is 28.3. The normalized spacial score (nSPS) is 13.3. The van der Waals surface area contributed by atoms with E-state index >= 15 is 0 Å². The second-order valence-electron chi connectivity index (χ2n) is 8.85. The SMILES string of the molecule is CC(C)C(C(=O)O)N(c1ccc(-c2ccc(NC(=O)c3nc4cc(C(F)(F)F)ccc4s3)cc2)cc1)S(=O)[O-]. The molecule has 0 bridgehead atoms. The van der Waals surface area contributed by atoms with Crippen molar-refractivity contribution in [1.82, 2.24) is 4.98 Å². The van der Waals surface area contributed by atoms with Crippen LogP contribution >= 0.6 is 11.3 Å². The van der Waals surface area contributed by atoms with Gasteiger partial charge in [0.1, 0.15) is 6.04 Å². The standard InChI is InChI=1S/C26H22F3N3O5S2/c1-14(2)22(25(34)35)32(39(36)37)19-10-5-16(6-11-19)15-3-8-18(9-4-15)30-23(33)24-31-20-13-17(26(27,28)29)7-12-21(20)38-24/h3-14,22H,1-2H3,(H,30,33)(H,34,35)(H,36,37)/p-1. The van der Waals surface area contributed by atoms with Crippen molar-refractivity contribution in [2.24, 2.45) is 5.92 Å². The van der Waals surface area contributed by atoms with Crippen molar-refractivity contribution >= 4 is 56.1 Å². The van der Waals surface area contributed by atoms with Gasteiger partial charge in [0.15, 0.2) is 5.01 Å². The molecule has 2 atom stereocenters. The number of carbonyl (C=O) groups excluding carboxylic acids is 1. The molecule has 3 aromatic carbocycles. The number of nitrogens with zero attached hydrogens (tertiary/aromatic N) is 2. The van der Waals surface area contributed by atoms with Crippen molar-refractivity contribution in [3.8, 4) is 11.1 Å². The fourth-order valence-corrected chi connectivity index (χ4v) is 5.58. The zero-order valence-electron chi connectivity index (χ0n) is 20.4. The molecule has 0 fully saturated rings. The van der Waals surface area contributed by atoms with E-state index in [2.05, 4.69) is 10.3 Å². The lowest BCUT2D eigenvalue weighted by atomic mass is 10.0. The quantitative estimate of drug-likeness (QED) is 0.250. The maximum Gasteiger partial charge on any atom is 0.416 e. The Morgan fingerprint density at radius 2 is 1.62 bits per heavy atom. The van der Waals surface area contributed by atoms with Gasteiger partial charge in [-0.25, -0.2) is 9.78 Å². The molecule has 204 valence electrons. The van der Waals surface area contributed by atoms with Crippen LogP contribution in [-0.2, 0) is 22.2 Å². The zero-order chi connectivity index (χ0) is 28.5. The molecule has 0 radical (unpaired) electrons. The maximum absolute atomic E-state index is 12.9. The summed E-state index contributed by atoms with van der Waals surface area (Å²) < 4.78 is 63.8. The first-order valence-corrected chi connectivity index (χ1v) is 13.3. The fourth-order valence-electron chi connectivity index (χ4n) is 3.93. The molecule has 0 spiro atoms. The Bertz CT molecular complexity index is 1540. The first kappa shape index (κ1) is 28.2. The molecule has 1 aromatic heterocycles. The number of fused-ring (bicyclic) bond motifs is 1. The van der Waals surface area contributed by atoms with E-state index in [0.717, 1.165) is 38.9 Å². The van der Waals surface area contributed by atoms with Gasteiger partial charge in [0.2, 0.25) is 0 Å². The van der Waals surface area contributed by atoms with Gasteiger partial charge in [0, 0.05) is 22.6 Å². The minimum Gasteiger partial charge on any atom is -0.755 e. The summed E-state index contributed by atoms with van der Waals surface area (Å²) >= 11 is -1.82. The van der Waals surface area contributed by atoms with Crippen molar-refractivity contribution < 1.29 is 36.6 Å². The van der Waals surface area contributed by atoms with Crippen molar-refractivity contribution in [2.45, 2.75) is 26.1 Å². The Labute approximate surface area is 227 Å². The van der Waals surface area contributed by atoms with Crippen molar-refractivity contribution in [2.75, 3.05) is 9.62 Å². The number of aliphatic carboxylic acids is 1. The predicted octanol–water partition coefficient (Wildman–Crippen LogP) is 5.94. The van der Waals surface area contributed by atoms with Crippen LogP contribution in [0.2, 0.25) is 0 Å². The van der Waals surface area contributed by atoms with Crippen LogP contribution in [0.4, 0.5) is 24.5 Å². The summed E-state index contributed by atoms with van der Waals surface area (Å²) in [5, 5.41) is 12.2. The zero-order valence-corrected chi connectivity index (χ0v) is 22.1.